The molecule has 3 rings (SSSR count). The first-order valence-electron chi connectivity index (χ1n) is 9.76. The van der Waals surface area contributed by atoms with E-state index in [0.717, 1.165) is 29.5 Å². The molecule has 0 bridgehead atoms. The summed E-state index contributed by atoms with van der Waals surface area (Å²) in [4.78, 5) is 12.5. The molecule has 1 unspecified atom stereocenters. The van der Waals surface area contributed by atoms with Crippen LogP contribution in [0, 0.1) is 19.8 Å². The highest BCUT2D eigenvalue weighted by Gasteiger charge is 2.24. The maximum absolute atomic E-state index is 12.5. The van der Waals surface area contributed by atoms with Crippen molar-refractivity contribution in [3.8, 4) is 5.75 Å². The average molecular weight is 360 g/mol. The van der Waals surface area contributed by atoms with Gasteiger partial charge >= 0.3 is 0 Å². The lowest BCUT2D eigenvalue weighted by atomic mass is 9.86. The molecule has 0 aromatic heterocycles. The second kappa shape index (κ2) is 8.39. The SMILES string of the molecule is CCC1C(CCC(=O)Cc2cc(C)ccc2C)=CC=C1c1ccccc1O. The number of aryl methyl sites for hydroxylation is 2. The van der Waals surface area contributed by atoms with Crippen molar-refractivity contribution in [3.05, 3.63) is 82.4 Å². The zero-order chi connectivity index (χ0) is 19.4. The Balaban J connectivity index is 1.62. The van der Waals surface area contributed by atoms with Crippen LogP contribution in [0.5, 0.6) is 5.75 Å². The number of ketones is 1. The molecule has 0 saturated carbocycles. The number of aromatic hydroxyl groups is 1. The Kier molecular flexibility index (Phi) is 5.95. The van der Waals surface area contributed by atoms with Crippen molar-refractivity contribution in [2.75, 3.05) is 0 Å². The molecule has 2 nitrogen and oxygen atoms in total. The number of allylic oxidation sites excluding steroid dienone is 4. The molecule has 2 aromatic rings. The van der Waals surface area contributed by atoms with E-state index in [2.05, 4.69) is 51.1 Å². The quantitative estimate of drug-likeness (QED) is 0.662. The standard InChI is InChI=1S/C25H28O2/c1-4-22-19(12-14-23(22)24-7-5-6-8-25(24)27)11-13-21(26)16-20-15-17(2)9-10-18(20)3/h5-10,12,14-15,22,27H,4,11,13,16H2,1-3H3. The molecule has 1 aliphatic carbocycles. The van der Waals surface area contributed by atoms with Crippen LogP contribution in [0.15, 0.2) is 60.2 Å². The van der Waals surface area contributed by atoms with Crippen LogP contribution < -0.4 is 0 Å². The first-order valence-corrected chi connectivity index (χ1v) is 9.76. The van der Waals surface area contributed by atoms with Crippen molar-refractivity contribution in [1.82, 2.24) is 0 Å². The minimum absolute atomic E-state index is 0.284. The summed E-state index contributed by atoms with van der Waals surface area (Å²) >= 11 is 0. The van der Waals surface area contributed by atoms with Crippen LogP contribution in [0.1, 0.15) is 48.4 Å². The van der Waals surface area contributed by atoms with Crippen LogP contribution in [-0.4, -0.2) is 10.9 Å². The number of carbonyl (C=O) groups is 1. The number of hydrogen-bond donors (Lipinski definition) is 1. The van der Waals surface area contributed by atoms with Crippen molar-refractivity contribution in [2.45, 2.75) is 46.5 Å². The first kappa shape index (κ1) is 19.2. The fourth-order valence-corrected chi connectivity index (χ4v) is 3.94. The molecule has 0 aliphatic heterocycles. The summed E-state index contributed by atoms with van der Waals surface area (Å²) < 4.78 is 0. The van der Waals surface area contributed by atoms with Gasteiger partial charge in [0.25, 0.3) is 0 Å². The lowest BCUT2D eigenvalue weighted by Gasteiger charge is -2.19. The Labute approximate surface area is 162 Å². The van der Waals surface area contributed by atoms with Crippen LogP contribution in [0.4, 0.5) is 0 Å². The number of Topliss-reactive ketones (excluding diaryl/α,β-unsaturated/α-hetero) is 1. The molecule has 27 heavy (non-hydrogen) atoms. The van der Waals surface area contributed by atoms with Crippen molar-refractivity contribution < 1.29 is 9.90 Å². The van der Waals surface area contributed by atoms with Gasteiger partial charge in [-0.15, -0.1) is 0 Å². The third-order valence-corrected chi connectivity index (χ3v) is 5.51. The molecular weight excluding hydrogens is 332 g/mol. The highest BCUT2D eigenvalue weighted by Crippen LogP contribution is 2.41. The summed E-state index contributed by atoms with van der Waals surface area (Å²) in [5.74, 6) is 0.894. The van der Waals surface area contributed by atoms with Crippen molar-refractivity contribution in [1.29, 1.82) is 0 Å². The average Bonchev–Trinajstić information content (AvgIpc) is 3.06. The molecule has 1 N–H and O–H groups in total. The van der Waals surface area contributed by atoms with Gasteiger partial charge in [0.05, 0.1) is 0 Å². The molecule has 1 aliphatic rings. The van der Waals surface area contributed by atoms with E-state index in [1.54, 1.807) is 6.07 Å². The molecule has 0 amide bonds. The van der Waals surface area contributed by atoms with Gasteiger partial charge in [0.2, 0.25) is 0 Å². The summed E-state index contributed by atoms with van der Waals surface area (Å²) in [7, 11) is 0. The molecule has 2 heteroatoms. The topological polar surface area (TPSA) is 37.3 Å². The van der Waals surface area contributed by atoms with E-state index in [1.165, 1.54) is 16.7 Å². The molecule has 0 heterocycles. The monoisotopic (exact) mass is 360 g/mol. The van der Waals surface area contributed by atoms with E-state index in [1.807, 2.05) is 18.2 Å². The van der Waals surface area contributed by atoms with Gasteiger partial charge in [0.1, 0.15) is 11.5 Å². The molecule has 2 aromatic carbocycles. The molecule has 0 fully saturated rings. The van der Waals surface area contributed by atoms with Gasteiger partial charge in [-0.05, 0) is 49.5 Å². The Morgan fingerprint density at radius 3 is 2.59 bits per heavy atom. The first-order chi connectivity index (χ1) is 13.0. The summed E-state index contributed by atoms with van der Waals surface area (Å²) in [6.45, 7) is 6.29. The van der Waals surface area contributed by atoms with E-state index in [9.17, 15) is 9.90 Å². The Bertz CT molecular complexity index is 902. The zero-order valence-electron chi connectivity index (χ0n) is 16.5. The predicted molar refractivity (Wildman–Crippen MR) is 112 cm³/mol. The molecule has 140 valence electrons. The van der Waals surface area contributed by atoms with E-state index in [-0.39, 0.29) is 11.7 Å². The zero-order valence-corrected chi connectivity index (χ0v) is 16.5. The molecule has 0 radical (unpaired) electrons. The van der Waals surface area contributed by atoms with Crippen LogP contribution in [-0.2, 0) is 11.2 Å². The van der Waals surface area contributed by atoms with Gasteiger partial charge in [0, 0.05) is 24.3 Å². The molecular formula is C25H28O2. The Hall–Kier alpha value is -2.61. The van der Waals surface area contributed by atoms with Crippen LogP contribution in [0.2, 0.25) is 0 Å². The van der Waals surface area contributed by atoms with E-state index >= 15 is 0 Å². The molecule has 0 saturated heterocycles. The Morgan fingerprint density at radius 1 is 1.07 bits per heavy atom. The predicted octanol–water partition coefficient (Wildman–Crippen LogP) is 5.95. The number of hydrogen-bond acceptors (Lipinski definition) is 2. The molecule has 0 spiro atoms. The largest absolute Gasteiger partial charge is 0.507 e. The fourth-order valence-electron chi connectivity index (χ4n) is 3.94. The van der Waals surface area contributed by atoms with Gasteiger partial charge in [-0.3, -0.25) is 4.79 Å². The van der Waals surface area contributed by atoms with Crippen LogP contribution in [0.3, 0.4) is 0 Å². The van der Waals surface area contributed by atoms with E-state index in [0.29, 0.717) is 18.6 Å². The van der Waals surface area contributed by atoms with Gasteiger partial charge in [0.15, 0.2) is 0 Å². The Morgan fingerprint density at radius 2 is 1.85 bits per heavy atom. The highest BCUT2D eigenvalue weighted by atomic mass is 16.3. The van der Waals surface area contributed by atoms with E-state index < -0.39 is 0 Å². The van der Waals surface area contributed by atoms with Gasteiger partial charge in [-0.25, -0.2) is 0 Å². The normalized spacial score (nSPS) is 16.2. The smallest absolute Gasteiger partial charge is 0.137 e. The number of rotatable bonds is 7. The van der Waals surface area contributed by atoms with Crippen LogP contribution in [0.25, 0.3) is 5.57 Å². The number of phenolic OH excluding ortho intramolecular Hbond substituents is 1. The maximum atomic E-state index is 12.5. The van der Waals surface area contributed by atoms with Crippen molar-refractivity contribution in [3.63, 3.8) is 0 Å². The highest BCUT2D eigenvalue weighted by molar-refractivity contribution is 5.82. The summed E-state index contributed by atoms with van der Waals surface area (Å²) in [5, 5.41) is 10.2. The summed E-state index contributed by atoms with van der Waals surface area (Å²) in [5.41, 5.74) is 6.88. The number of carbonyl (C=O) groups excluding carboxylic acids is 1. The van der Waals surface area contributed by atoms with Crippen molar-refractivity contribution >= 4 is 11.4 Å². The maximum Gasteiger partial charge on any atom is 0.137 e. The third-order valence-electron chi connectivity index (χ3n) is 5.51. The van der Waals surface area contributed by atoms with Crippen LogP contribution >= 0.6 is 0 Å². The minimum Gasteiger partial charge on any atom is -0.507 e. The summed E-state index contributed by atoms with van der Waals surface area (Å²) in [6, 6.07) is 13.8. The van der Waals surface area contributed by atoms with Gasteiger partial charge in [-0.2, -0.15) is 0 Å². The minimum atomic E-state index is 0.284. The second-order valence-electron chi connectivity index (χ2n) is 7.49. The summed E-state index contributed by atoms with van der Waals surface area (Å²) in [6.07, 6.45) is 7.08. The number of benzene rings is 2. The third kappa shape index (κ3) is 4.39. The number of phenols is 1. The lowest BCUT2D eigenvalue weighted by Crippen LogP contribution is -2.08. The second-order valence-corrected chi connectivity index (χ2v) is 7.49. The van der Waals surface area contributed by atoms with Crippen molar-refractivity contribution in [2.24, 2.45) is 5.92 Å². The van der Waals surface area contributed by atoms with Gasteiger partial charge < -0.3 is 5.11 Å². The van der Waals surface area contributed by atoms with Gasteiger partial charge in [-0.1, -0.05) is 66.6 Å². The fraction of sp³-hybridized carbons (Fsp3) is 0.320. The van der Waals surface area contributed by atoms with E-state index in [4.69, 9.17) is 0 Å². The molecule has 1 atom stereocenters. The number of para-hydroxylation sites is 1. The lowest BCUT2D eigenvalue weighted by molar-refractivity contribution is -0.118.